The Bertz CT molecular complexity index is 691. The standard InChI is InChI=1S/C21H29N3O3/c1-25-17-11-19(26-2)18(20(12-17)27-3)14-22-13-15-5-7-16(8-6-15)21-23-9-4-10-24-21/h4,9-12,15-16,22H,5-8,13-14H2,1-3H3. The van der Waals surface area contributed by atoms with Gasteiger partial charge in [-0.05, 0) is 44.2 Å². The van der Waals surface area contributed by atoms with Gasteiger partial charge < -0.3 is 19.5 Å². The van der Waals surface area contributed by atoms with Gasteiger partial charge >= 0.3 is 0 Å². The first-order valence-electron chi connectivity index (χ1n) is 9.51. The van der Waals surface area contributed by atoms with Crippen LogP contribution in [0, 0.1) is 5.92 Å². The van der Waals surface area contributed by atoms with E-state index in [9.17, 15) is 0 Å². The van der Waals surface area contributed by atoms with Crippen LogP contribution >= 0.6 is 0 Å². The zero-order valence-electron chi connectivity index (χ0n) is 16.4. The van der Waals surface area contributed by atoms with E-state index in [-0.39, 0.29) is 0 Å². The van der Waals surface area contributed by atoms with E-state index >= 15 is 0 Å². The molecule has 0 saturated heterocycles. The molecule has 1 aliphatic rings. The highest BCUT2D eigenvalue weighted by Crippen LogP contribution is 2.35. The molecule has 0 radical (unpaired) electrons. The number of nitrogens with zero attached hydrogens (tertiary/aromatic N) is 2. The van der Waals surface area contributed by atoms with Gasteiger partial charge in [-0.2, -0.15) is 0 Å². The number of ether oxygens (including phenoxy) is 3. The van der Waals surface area contributed by atoms with Crippen LogP contribution < -0.4 is 19.5 Å². The molecule has 27 heavy (non-hydrogen) atoms. The summed E-state index contributed by atoms with van der Waals surface area (Å²) < 4.78 is 16.4. The number of hydrogen-bond donors (Lipinski definition) is 1. The number of benzene rings is 1. The fourth-order valence-electron chi connectivity index (χ4n) is 3.80. The van der Waals surface area contributed by atoms with Crippen molar-refractivity contribution in [3.05, 3.63) is 42.0 Å². The lowest BCUT2D eigenvalue weighted by Crippen LogP contribution is -2.26. The SMILES string of the molecule is COc1cc(OC)c(CNCC2CCC(c3ncccn3)CC2)c(OC)c1. The van der Waals surface area contributed by atoms with E-state index in [1.165, 1.54) is 12.8 Å². The summed E-state index contributed by atoms with van der Waals surface area (Å²) in [5.74, 6) is 4.47. The summed E-state index contributed by atoms with van der Waals surface area (Å²) >= 11 is 0. The maximum Gasteiger partial charge on any atom is 0.131 e. The lowest BCUT2D eigenvalue weighted by Gasteiger charge is -2.28. The molecular weight excluding hydrogens is 342 g/mol. The second-order valence-corrected chi connectivity index (χ2v) is 6.97. The Morgan fingerprint density at radius 3 is 2.11 bits per heavy atom. The van der Waals surface area contributed by atoms with Crippen molar-refractivity contribution in [2.45, 2.75) is 38.1 Å². The van der Waals surface area contributed by atoms with E-state index in [0.717, 1.165) is 48.0 Å². The van der Waals surface area contributed by atoms with Gasteiger partial charge in [0.15, 0.2) is 0 Å². The largest absolute Gasteiger partial charge is 0.496 e. The predicted octanol–water partition coefficient (Wildman–Crippen LogP) is 3.57. The van der Waals surface area contributed by atoms with Gasteiger partial charge in [0.2, 0.25) is 0 Å². The molecule has 0 unspecified atom stereocenters. The molecule has 1 heterocycles. The highest BCUT2D eigenvalue weighted by atomic mass is 16.5. The third kappa shape index (κ3) is 4.89. The van der Waals surface area contributed by atoms with Crippen LogP contribution in [0.1, 0.15) is 43.0 Å². The Morgan fingerprint density at radius 1 is 0.926 bits per heavy atom. The van der Waals surface area contributed by atoms with E-state index < -0.39 is 0 Å². The number of aromatic nitrogens is 2. The molecule has 2 aromatic rings. The fraction of sp³-hybridized carbons (Fsp3) is 0.524. The van der Waals surface area contributed by atoms with E-state index in [0.29, 0.717) is 18.4 Å². The third-order valence-electron chi connectivity index (χ3n) is 5.35. The van der Waals surface area contributed by atoms with Crippen molar-refractivity contribution in [1.82, 2.24) is 15.3 Å². The van der Waals surface area contributed by atoms with Crippen molar-refractivity contribution in [2.24, 2.45) is 5.92 Å². The average molecular weight is 371 g/mol. The van der Waals surface area contributed by atoms with Crippen LogP contribution in [0.2, 0.25) is 0 Å². The quantitative estimate of drug-likeness (QED) is 0.765. The van der Waals surface area contributed by atoms with Gasteiger partial charge in [0.25, 0.3) is 0 Å². The first-order chi connectivity index (χ1) is 13.2. The summed E-state index contributed by atoms with van der Waals surface area (Å²) in [5, 5.41) is 3.58. The van der Waals surface area contributed by atoms with Crippen LogP contribution in [0.4, 0.5) is 0 Å². The molecule has 0 amide bonds. The summed E-state index contributed by atoms with van der Waals surface area (Å²) in [6, 6.07) is 5.66. The molecule has 146 valence electrons. The summed E-state index contributed by atoms with van der Waals surface area (Å²) in [7, 11) is 4.98. The molecule has 0 aliphatic heterocycles. The Morgan fingerprint density at radius 2 is 1.56 bits per heavy atom. The van der Waals surface area contributed by atoms with E-state index in [1.807, 2.05) is 30.6 Å². The first kappa shape index (κ1) is 19.4. The summed E-state index contributed by atoms with van der Waals surface area (Å²) in [4.78, 5) is 8.83. The number of methoxy groups -OCH3 is 3. The Balaban J connectivity index is 1.52. The monoisotopic (exact) mass is 371 g/mol. The van der Waals surface area contributed by atoms with Gasteiger partial charge in [-0.25, -0.2) is 9.97 Å². The zero-order chi connectivity index (χ0) is 19.1. The fourth-order valence-corrected chi connectivity index (χ4v) is 3.80. The molecular formula is C21H29N3O3. The molecule has 1 N–H and O–H groups in total. The second-order valence-electron chi connectivity index (χ2n) is 6.97. The first-order valence-corrected chi connectivity index (χ1v) is 9.51. The van der Waals surface area contributed by atoms with Crippen LogP contribution in [-0.2, 0) is 6.54 Å². The molecule has 6 nitrogen and oxygen atoms in total. The Kier molecular flexibility index (Phi) is 6.87. The highest BCUT2D eigenvalue weighted by Gasteiger charge is 2.24. The minimum atomic E-state index is 0.504. The molecule has 1 saturated carbocycles. The molecule has 1 fully saturated rings. The van der Waals surface area contributed by atoms with E-state index in [4.69, 9.17) is 14.2 Å². The summed E-state index contributed by atoms with van der Waals surface area (Å²) in [6.45, 7) is 1.69. The number of nitrogens with one attached hydrogen (secondary N) is 1. The summed E-state index contributed by atoms with van der Waals surface area (Å²) in [5.41, 5.74) is 1.02. The Hall–Kier alpha value is -2.34. The molecule has 0 bridgehead atoms. The Labute approximate surface area is 161 Å². The van der Waals surface area contributed by atoms with Gasteiger partial charge in [-0.15, -0.1) is 0 Å². The molecule has 0 spiro atoms. The van der Waals surface area contributed by atoms with Gasteiger partial charge in [-0.3, -0.25) is 0 Å². The van der Waals surface area contributed by atoms with Crippen molar-refractivity contribution in [1.29, 1.82) is 0 Å². The van der Waals surface area contributed by atoms with E-state index in [1.54, 1.807) is 21.3 Å². The van der Waals surface area contributed by atoms with Crippen molar-refractivity contribution < 1.29 is 14.2 Å². The molecule has 0 atom stereocenters. The topological polar surface area (TPSA) is 65.5 Å². The van der Waals surface area contributed by atoms with Crippen LogP contribution in [0.15, 0.2) is 30.6 Å². The van der Waals surface area contributed by atoms with Crippen molar-refractivity contribution in [3.63, 3.8) is 0 Å². The van der Waals surface area contributed by atoms with Crippen LogP contribution in [0.5, 0.6) is 17.2 Å². The van der Waals surface area contributed by atoms with Crippen LogP contribution in [0.3, 0.4) is 0 Å². The van der Waals surface area contributed by atoms with Crippen molar-refractivity contribution in [3.8, 4) is 17.2 Å². The third-order valence-corrected chi connectivity index (χ3v) is 5.35. The maximum atomic E-state index is 5.52. The van der Waals surface area contributed by atoms with Crippen molar-refractivity contribution >= 4 is 0 Å². The second kappa shape index (κ2) is 9.55. The average Bonchev–Trinajstić information content (AvgIpc) is 2.74. The molecule has 6 heteroatoms. The maximum absolute atomic E-state index is 5.52. The molecule has 3 rings (SSSR count). The smallest absolute Gasteiger partial charge is 0.131 e. The van der Waals surface area contributed by atoms with Crippen LogP contribution in [0.25, 0.3) is 0 Å². The normalized spacial score (nSPS) is 19.5. The number of hydrogen-bond acceptors (Lipinski definition) is 6. The summed E-state index contributed by atoms with van der Waals surface area (Å²) in [6.07, 6.45) is 8.40. The predicted molar refractivity (Wildman–Crippen MR) is 105 cm³/mol. The van der Waals surface area contributed by atoms with Gasteiger partial charge in [0, 0.05) is 37.0 Å². The molecule has 1 aliphatic carbocycles. The highest BCUT2D eigenvalue weighted by molar-refractivity contribution is 5.50. The minimum absolute atomic E-state index is 0.504. The zero-order valence-corrected chi connectivity index (χ0v) is 16.4. The lowest BCUT2D eigenvalue weighted by atomic mass is 9.81. The molecule has 1 aromatic carbocycles. The lowest BCUT2D eigenvalue weighted by molar-refractivity contribution is 0.305. The van der Waals surface area contributed by atoms with Gasteiger partial charge in [0.1, 0.15) is 23.1 Å². The van der Waals surface area contributed by atoms with Crippen molar-refractivity contribution in [2.75, 3.05) is 27.9 Å². The van der Waals surface area contributed by atoms with E-state index in [2.05, 4.69) is 15.3 Å². The van der Waals surface area contributed by atoms with Crippen LogP contribution in [-0.4, -0.2) is 37.8 Å². The van der Waals surface area contributed by atoms with Gasteiger partial charge in [-0.1, -0.05) is 0 Å². The number of rotatable bonds is 8. The minimum Gasteiger partial charge on any atom is -0.496 e. The molecule has 1 aromatic heterocycles. The van der Waals surface area contributed by atoms with Gasteiger partial charge in [0.05, 0.1) is 26.9 Å².